The third-order valence-corrected chi connectivity index (χ3v) is 2.86. The summed E-state index contributed by atoms with van der Waals surface area (Å²) in [5.41, 5.74) is 1.41. The molecule has 3 N–H and O–H groups in total. The predicted octanol–water partition coefficient (Wildman–Crippen LogP) is 1.28. The quantitative estimate of drug-likeness (QED) is 0.606. The smallest absolute Gasteiger partial charge is 0.137 e. The lowest BCUT2D eigenvalue weighted by molar-refractivity contribution is 0.0181. The maximum atomic E-state index is 10.0. The van der Waals surface area contributed by atoms with Crippen molar-refractivity contribution in [1.82, 2.24) is 9.97 Å². The Balaban J connectivity index is 2.35. The Morgan fingerprint density at radius 2 is 2.19 bits per heavy atom. The van der Waals surface area contributed by atoms with Crippen LogP contribution in [0.5, 0.6) is 0 Å². The monoisotopic (exact) mass is 238 g/mol. The summed E-state index contributed by atoms with van der Waals surface area (Å²) in [5.74, 6) is 0.541. The fourth-order valence-electron chi connectivity index (χ4n) is 1.74. The fraction of sp³-hybridized carbons (Fsp3) is 0.364. The van der Waals surface area contributed by atoms with Crippen LogP contribution in [0.25, 0.3) is 11.0 Å². The van der Waals surface area contributed by atoms with E-state index in [1.54, 1.807) is 18.5 Å². The first-order chi connectivity index (χ1) is 7.74. The number of aliphatic hydroxyl groups is 2. The second-order valence-electron chi connectivity index (χ2n) is 3.66. The molecular formula is C11H14N2O2S. The molecule has 0 radical (unpaired) electrons. The topological polar surface area (TPSA) is 69.1 Å². The van der Waals surface area contributed by atoms with Gasteiger partial charge in [0.05, 0.1) is 6.10 Å². The van der Waals surface area contributed by atoms with E-state index in [4.69, 9.17) is 0 Å². The first kappa shape index (κ1) is 11.4. The van der Waals surface area contributed by atoms with E-state index in [1.165, 1.54) is 0 Å². The third-order valence-electron chi connectivity index (χ3n) is 2.60. The largest absolute Gasteiger partial charge is 0.390 e. The molecule has 4 nitrogen and oxygen atoms in total. The van der Waals surface area contributed by atoms with E-state index in [9.17, 15) is 10.2 Å². The van der Waals surface area contributed by atoms with E-state index in [2.05, 4.69) is 22.6 Å². The van der Waals surface area contributed by atoms with Crippen molar-refractivity contribution in [2.45, 2.75) is 18.6 Å². The first-order valence-corrected chi connectivity index (χ1v) is 5.76. The molecule has 0 bridgehead atoms. The van der Waals surface area contributed by atoms with Gasteiger partial charge in [0.2, 0.25) is 0 Å². The molecule has 2 aromatic heterocycles. The number of aromatic amines is 1. The van der Waals surface area contributed by atoms with Crippen LogP contribution in [0.15, 0.2) is 24.5 Å². The van der Waals surface area contributed by atoms with Crippen LogP contribution < -0.4 is 0 Å². The van der Waals surface area contributed by atoms with Gasteiger partial charge in [0.25, 0.3) is 0 Å². The van der Waals surface area contributed by atoms with Crippen molar-refractivity contribution in [3.63, 3.8) is 0 Å². The molecule has 0 saturated carbocycles. The summed E-state index contributed by atoms with van der Waals surface area (Å²) in [7, 11) is 0. The zero-order chi connectivity index (χ0) is 11.5. The third kappa shape index (κ3) is 2.07. The molecule has 86 valence electrons. The number of fused-ring (bicyclic) bond motifs is 1. The minimum absolute atomic E-state index is 0.457. The second kappa shape index (κ2) is 4.86. The highest BCUT2D eigenvalue weighted by atomic mass is 32.1. The van der Waals surface area contributed by atoms with Crippen LogP contribution in [0, 0.1) is 0 Å². The Hall–Kier alpha value is -1.04. The van der Waals surface area contributed by atoms with Crippen molar-refractivity contribution in [3.05, 3.63) is 30.1 Å². The Bertz CT molecular complexity index is 472. The molecule has 5 heteroatoms. The molecule has 0 amide bonds. The molecule has 2 rings (SSSR count). The van der Waals surface area contributed by atoms with E-state index >= 15 is 0 Å². The molecule has 0 aliphatic heterocycles. The first-order valence-electron chi connectivity index (χ1n) is 5.13. The van der Waals surface area contributed by atoms with Gasteiger partial charge < -0.3 is 15.2 Å². The lowest BCUT2D eigenvalue weighted by atomic mass is 10.0. The maximum Gasteiger partial charge on any atom is 0.137 e. The number of aromatic nitrogens is 2. The highest BCUT2D eigenvalue weighted by Crippen LogP contribution is 2.25. The molecule has 0 aliphatic rings. The van der Waals surface area contributed by atoms with Gasteiger partial charge in [-0.1, -0.05) is 0 Å². The molecule has 2 atom stereocenters. The lowest BCUT2D eigenvalue weighted by Gasteiger charge is -2.17. The summed E-state index contributed by atoms with van der Waals surface area (Å²) in [6.07, 6.45) is 2.15. The van der Waals surface area contributed by atoms with Gasteiger partial charge in [-0.25, -0.2) is 4.98 Å². The van der Waals surface area contributed by atoms with Gasteiger partial charge in [-0.15, -0.1) is 0 Å². The average molecular weight is 238 g/mol. The van der Waals surface area contributed by atoms with Crippen LogP contribution in [-0.2, 0) is 0 Å². The molecule has 0 fully saturated rings. The van der Waals surface area contributed by atoms with Crippen LogP contribution in [0.4, 0.5) is 0 Å². The van der Waals surface area contributed by atoms with Crippen LogP contribution in [-0.4, -0.2) is 32.0 Å². The highest BCUT2D eigenvalue weighted by Gasteiger charge is 2.20. The normalized spacial score (nSPS) is 15.2. The van der Waals surface area contributed by atoms with Crippen LogP contribution >= 0.6 is 12.6 Å². The van der Waals surface area contributed by atoms with Crippen LogP contribution in [0.2, 0.25) is 0 Å². The van der Waals surface area contributed by atoms with Gasteiger partial charge in [-0.3, -0.25) is 0 Å². The summed E-state index contributed by atoms with van der Waals surface area (Å²) in [5, 5.41) is 20.6. The molecule has 2 aromatic rings. The van der Waals surface area contributed by atoms with Crippen LogP contribution in [0.1, 0.15) is 18.1 Å². The predicted molar refractivity (Wildman–Crippen MR) is 65.5 cm³/mol. The standard InChI is InChI=1S/C11H14N2O2S/c14-9(3-6-16)10(15)7-1-4-12-11-8(7)2-5-13-11/h1-2,4-5,9-10,14-16H,3,6H2,(H,12,13). The molecule has 0 spiro atoms. The minimum Gasteiger partial charge on any atom is -0.390 e. The molecule has 0 aromatic carbocycles. The molecule has 2 heterocycles. The number of hydrogen-bond donors (Lipinski definition) is 4. The number of nitrogens with zero attached hydrogens (tertiary/aromatic N) is 1. The number of rotatable bonds is 4. The Morgan fingerprint density at radius 3 is 2.94 bits per heavy atom. The van der Waals surface area contributed by atoms with E-state index in [0.717, 1.165) is 11.0 Å². The van der Waals surface area contributed by atoms with Crippen LogP contribution in [0.3, 0.4) is 0 Å². The summed E-state index contributed by atoms with van der Waals surface area (Å²) in [6.45, 7) is 0. The van der Waals surface area contributed by atoms with Crippen molar-refractivity contribution in [2.75, 3.05) is 5.75 Å². The van der Waals surface area contributed by atoms with Gasteiger partial charge >= 0.3 is 0 Å². The Labute approximate surface area is 98.7 Å². The summed E-state index contributed by atoms with van der Waals surface area (Å²) < 4.78 is 0. The summed E-state index contributed by atoms with van der Waals surface area (Å²) >= 11 is 4.04. The van der Waals surface area contributed by atoms with Gasteiger partial charge in [0.15, 0.2) is 0 Å². The number of hydrogen-bond acceptors (Lipinski definition) is 4. The van der Waals surface area contributed by atoms with Crippen molar-refractivity contribution >= 4 is 23.7 Å². The number of thiol groups is 1. The minimum atomic E-state index is -0.895. The van der Waals surface area contributed by atoms with Crippen molar-refractivity contribution in [1.29, 1.82) is 0 Å². The SMILES string of the molecule is OC(CCS)C(O)c1ccnc2[nH]ccc12. The summed E-state index contributed by atoms with van der Waals surface area (Å²) in [4.78, 5) is 7.09. The van der Waals surface area contributed by atoms with Crippen molar-refractivity contribution in [3.8, 4) is 0 Å². The van der Waals surface area contributed by atoms with Crippen molar-refractivity contribution < 1.29 is 10.2 Å². The number of aliphatic hydroxyl groups excluding tert-OH is 2. The Morgan fingerprint density at radius 1 is 1.38 bits per heavy atom. The fourth-order valence-corrected chi connectivity index (χ4v) is 2.00. The zero-order valence-electron chi connectivity index (χ0n) is 8.67. The molecule has 2 unspecified atom stereocenters. The molecular weight excluding hydrogens is 224 g/mol. The van der Waals surface area contributed by atoms with Gasteiger partial charge in [0.1, 0.15) is 11.8 Å². The number of nitrogens with one attached hydrogen (secondary N) is 1. The molecule has 0 aliphatic carbocycles. The number of H-pyrrole nitrogens is 1. The van der Waals surface area contributed by atoms with Crippen molar-refractivity contribution in [2.24, 2.45) is 0 Å². The van der Waals surface area contributed by atoms with Gasteiger partial charge in [-0.05, 0) is 29.9 Å². The van der Waals surface area contributed by atoms with Gasteiger partial charge in [-0.2, -0.15) is 12.6 Å². The zero-order valence-corrected chi connectivity index (χ0v) is 9.56. The average Bonchev–Trinajstić information content (AvgIpc) is 2.76. The Kier molecular flexibility index (Phi) is 3.48. The maximum absolute atomic E-state index is 10.0. The van der Waals surface area contributed by atoms with E-state index in [0.29, 0.717) is 17.7 Å². The highest BCUT2D eigenvalue weighted by molar-refractivity contribution is 7.80. The van der Waals surface area contributed by atoms with Gasteiger partial charge in [0, 0.05) is 17.8 Å². The summed E-state index contributed by atoms with van der Waals surface area (Å²) in [6, 6.07) is 3.57. The number of pyridine rings is 1. The lowest BCUT2D eigenvalue weighted by Crippen LogP contribution is -2.18. The molecule has 0 saturated heterocycles. The molecule has 16 heavy (non-hydrogen) atoms. The second-order valence-corrected chi connectivity index (χ2v) is 4.11. The van der Waals surface area contributed by atoms with E-state index in [-0.39, 0.29) is 0 Å². The van der Waals surface area contributed by atoms with E-state index in [1.807, 2.05) is 6.07 Å². The van der Waals surface area contributed by atoms with E-state index < -0.39 is 12.2 Å².